The predicted octanol–water partition coefficient (Wildman–Crippen LogP) is 5.37. The summed E-state index contributed by atoms with van der Waals surface area (Å²) in [4.78, 5) is 14.1. The summed E-state index contributed by atoms with van der Waals surface area (Å²) < 4.78 is 5.44. The third kappa shape index (κ3) is 5.22. The fourth-order valence-electron chi connectivity index (χ4n) is 9.57. The van der Waals surface area contributed by atoms with E-state index >= 15 is 0 Å². The maximum atomic E-state index is 14.1. The summed E-state index contributed by atoms with van der Waals surface area (Å²) in [5.41, 5.74) is 3.47. The molecule has 240 valence electrons. The number of hydrogen-bond acceptors (Lipinski definition) is 7. The Kier molecular flexibility index (Phi) is 8.21. The van der Waals surface area contributed by atoms with Gasteiger partial charge in [-0.3, -0.25) is 4.79 Å². The van der Waals surface area contributed by atoms with Gasteiger partial charge in [0, 0.05) is 54.5 Å². The molecule has 4 aliphatic rings. The van der Waals surface area contributed by atoms with E-state index in [1.165, 1.54) is 7.11 Å². The lowest BCUT2D eigenvalue weighted by Crippen LogP contribution is -2.69. The fraction of sp³-hybridized carbons (Fsp3) is 0.462. The van der Waals surface area contributed by atoms with Crippen LogP contribution in [0.25, 0.3) is 0 Å². The summed E-state index contributed by atoms with van der Waals surface area (Å²) in [5, 5.41) is 47.6. The van der Waals surface area contributed by atoms with Crippen LogP contribution in [0.3, 0.4) is 0 Å². The number of aryl methyl sites for hydroxylation is 1. The Morgan fingerprint density at radius 3 is 2.54 bits per heavy atom. The first-order valence-corrected chi connectivity index (χ1v) is 16.7. The summed E-state index contributed by atoms with van der Waals surface area (Å²) in [6.07, 6.45) is 4.72. The number of aliphatic hydroxyl groups is 1. The fourth-order valence-corrected chi connectivity index (χ4v) is 9.57. The minimum Gasteiger partial charge on any atom is -0.504 e. The lowest BCUT2D eigenvalue weighted by molar-refractivity contribution is -0.125. The molecule has 0 unspecified atom stereocenters. The number of carbonyl (C=O) groups excluding carboxylic acids is 1. The van der Waals surface area contributed by atoms with Crippen LogP contribution in [0.1, 0.15) is 66.7 Å². The first-order chi connectivity index (χ1) is 22.3. The van der Waals surface area contributed by atoms with Gasteiger partial charge in [0.05, 0.1) is 13.2 Å². The second-order valence-corrected chi connectivity index (χ2v) is 13.8. The predicted molar refractivity (Wildman–Crippen MR) is 175 cm³/mol. The molecular weight excluding hydrogens is 578 g/mol. The molecule has 8 atom stereocenters. The maximum Gasteiger partial charge on any atom is 0.160 e. The molecule has 0 aromatic heterocycles. The van der Waals surface area contributed by atoms with Crippen LogP contribution in [-0.4, -0.2) is 52.0 Å². The summed E-state index contributed by atoms with van der Waals surface area (Å²) >= 11 is 0. The summed E-state index contributed by atoms with van der Waals surface area (Å²) in [7, 11) is 1.51. The third-order valence-corrected chi connectivity index (χ3v) is 11.5. The number of carbonyl (C=O) groups is 1. The molecule has 1 saturated carbocycles. The molecule has 0 bridgehead atoms. The normalized spacial score (nSPS) is 32.0. The Bertz CT molecular complexity index is 1680. The maximum absolute atomic E-state index is 14.1. The average Bonchev–Trinajstić information content (AvgIpc) is 3.05. The highest BCUT2D eigenvalue weighted by Crippen LogP contribution is 2.59. The highest BCUT2D eigenvalue weighted by molar-refractivity contribution is 5.80. The number of benzene rings is 3. The second-order valence-electron chi connectivity index (χ2n) is 13.8. The van der Waals surface area contributed by atoms with Gasteiger partial charge in [0.25, 0.3) is 0 Å². The number of methoxy groups -OCH3 is 1. The smallest absolute Gasteiger partial charge is 0.160 e. The molecule has 3 aromatic carbocycles. The Balaban J connectivity index is 1.38. The molecule has 0 radical (unpaired) electrons. The highest BCUT2D eigenvalue weighted by atomic mass is 16.5. The molecular formula is C39H43NO6. The van der Waals surface area contributed by atoms with Gasteiger partial charge >= 0.3 is 0 Å². The van der Waals surface area contributed by atoms with Crippen LogP contribution in [0, 0.1) is 35.5 Å². The molecule has 7 rings (SSSR count). The molecule has 0 amide bonds. The van der Waals surface area contributed by atoms with E-state index in [0.29, 0.717) is 18.7 Å². The number of ketones is 1. The zero-order chi connectivity index (χ0) is 32.0. The number of phenolic OH excluding ortho intramolecular Hbond substituents is 3. The Morgan fingerprint density at radius 2 is 1.74 bits per heavy atom. The molecule has 1 spiro atoms. The number of Topliss-reactive ketones (excluding diaryl/α,β-unsaturated/α-hetero) is 1. The number of nitrogens with one attached hydrogen (secondary N) is 1. The zero-order valence-corrected chi connectivity index (χ0v) is 26.3. The topological polar surface area (TPSA) is 119 Å². The van der Waals surface area contributed by atoms with Crippen molar-refractivity contribution in [3.63, 3.8) is 0 Å². The number of rotatable bonds is 4. The number of hydrogen-bond donors (Lipinski definition) is 5. The van der Waals surface area contributed by atoms with Crippen molar-refractivity contribution in [1.29, 1.82) is 0 Å². The lowest BCUT2D eigenvalue weighted by atomic mass is 9.45. The van der Waals surface area contributed by atoms with Crippen LogP contribution >= 0.6 is 0 Å². The van der Waals surface area contributed by atoms with Crippen LogP contribution in [0.4, 0.5) is 0 Å². The number of piperidine rings is 1. The second kappa shape index (κ2) is 12.3. The average molecular weight is 622 g/mol. The lowest BCUT2D eigenvalue weighted by Gasteiger charge is -2.62. The molecule has 3 aliphatic carbocycles. The van der Waals surface area contributed by atoms with E-state index in [9.17, 15) is 25.2 Å². The minimum absolute atomic E-state index is 0.0199. The molecule has 1 saturated heterocycles. The number of fused-ring (bicyclic) bond motifs is 2. The number of ether oxygens (including phenoxy) is 1. The Hall–Kier alpha value is -3.99. The monoisotopic (exact) mass is 621 g/mol. The van der Waals surface area contributed by atoms with Gasteiger partial charge in [0.2, 0.25) is 0 Å². The van der Waals surface area contributed by atoms with Crippen molar-refractivity contribution >= 4 is 5.78 Å². The molecule has 1 heterocycles. The van der Waals surface area contributed by atoms with Crippen LogP contribution in [0.15, 0.2) is 60.7 Å². The Labute approximate surface area is 270 Å². The summed E-state index contributed by atoms with van der Waals surface area (Å²) in [5.74, 6) is 6.71. The van der Waals surface area contributed by atoms with E-state index in [1.807, 2.05) is 24.3 Å². The largest absolute Gasteiger partial charge is 0.504 e. The summed E-state index contributed by atoms with van der Waals surface area (Å²) in [6, 6.07) is 18.9. The van der Waals surface area contributed by atoms with Gasteiger partial charge in [-0.2, -0.15) is 0 Å². The van der Waals surface area contributed by atoms with Gasteiger partial charge in [0.15, 0.2) is 23.0 Å². The highest BCUT2D eigenvalue weighted by Gasteiger charge is 2.61. The van der Waals surface area contributed by atoms with Crippen molar-refractivity contribution in [3.8, 4) is 34.8 Å². The van der Waals surface area contributed by atoms with Crippen LogP contribution in [0.2, 0.25) is 0 Å². The molecule has 7 nitrogen and oxygen atoms in total. The first-order valence-electron chi connectivity index (χ1n) is 16.7. The van der Waals surface area contributed by atoms with Crippen molar-refractivity contribution in [2.75, 3.05) is 13.7 Å². The van der Waals surface area contributed by atoms with Crippen molar-refractivity contribution < 1.29 is 30.0 Å². The minimum atomic E-state index is -0.917. The van der Waals surface area contributed by atoms with Crippen molar-refractivity contribution in [3.05, 3.63) is 82.9 Å². The van der Waals surface area contributed by atoms with E-state index in [0.717, 1.165) is 54.4 Å². The van der Waals surface area contributed by atoms with Crippen molar-refractivity contribution in [2.24, 2.45) is 23.7 Å². The van der Waals surface area contributed by atoms with Crippen LogP contribution in [0.5, 0.6) is 23.0 Å². The molecule has 46 heavy (non-hydrogen) atoms. The third-order valence-electron chi connectivity index (χ3n) is 11.5. The standard InChI is InChI=1S/C39H43NO6/c1-46-36-18-25(13-15-32(36)42)30-19-29(41)20-35(45)38-27(11-10-24(30)16-23-6-3-2-4-7-23)22-40-37-9-5-8-28-14-12-26-17-33(43)34(44)21-31(26)39(28,37)38/h2-4,6-7,13,15,17-18,21,24,27-28,30,35,37-38,40,42-45H,5,8-9,12,14,16,19-20,22H2,1H3/t24-,27+,28-,30-,35-,37+,38+,39-/m0/s1. The van der Waals surface area contributed by atoms with Gasteiger partial charge in [-0.15, -0.1) is 0 Å². The van der Waals surface area contributed by atoms with Gasteiger partial charge < -0.3 is 30.5 Å². The van der Waals surface area contributed by atoms with E-state index in [1.54, 1.807) is 24.3 Å². The number of aliphatic hydroxyl groups excluding tert-OH is 1. The first kappa shape index (κ1) is 30.7. The molecule has 5 N–H and O–H groups in total. The van der Waals surface area contributed by atoms with E-state index < -0.39 is 11.5 Å². The summed E-state index contributed by atoms with van der Waals surface area (Å²) in [6.45, 7) is 0.608. The SMILES string of the molecule is COc1cc([C@H]2CC(=O)C[C@H](O)[C@H]3[C@H](C#C[C@H]2Cc2ccccc2)CN[C@@H]2CCC[C@H]4CCc5cc(O)c(O)cc5[C@]432)ccc1O. The van der Waals surface area contributed by atoms with Crippen molar-refractivity contribution in [1.82, 2.24) is 5.32 Å². The van der Waals surface area contributed by atoms with Crippen LogP contribution in [-0.2, 0) is 23.1 Å². The van der Waals surface area contributed by atoms with Gasteiger partial charge in [-0.25, -0.2) is 0 Å². The number of phenols is 3. The van der Waals surface area contributed by atoms with Gasteiger partial charge in [-0.05, 0) is 84.5 Å². The van der Waals surface area contributed by atoms with Crippen molar-refractivity contribution in [2.45, 2.75) is 74.8 Å². The zero-order valence-electron chi connectivity index (χ0n) is 26.3. The van der Waals surface area contributed by atoms with Gasteiger partial charge in [0.1, 0.15) is 5.78 Å². The molecule has 7 heteroatoms. The van der Waals surface area contributed by atoms with E-state index in [-0.39, 0.29) is 71.5 Å². The molecule has 2 fully saturated rings. The quantitative estimate of drug-likeness (QED) is 0.196. The van der Waals surface area contributed by atoms with Crippen LogP contribution < -0.4 is 10.1 Å². The molecule has 3 aromatic rings. The van der Waals surface area contributed by atoms with E-state index in [4.69, 9.17) is 4.74 Å². The molecule has 1 aliphatic heterocycles. The van der Waals surface area contributed by atoms with Gasteiger partial charge in [-0.1, -0.05) is 54.7 Å². The number of aromatic hydroxyl groups is 3. The Morgan fingerprint density at radius 1 is 0.935 bits per heavy atom. The van der Waals surface area contributed by atoms with E-state index in [2.05, 4.69) is 29.3 Å².